The molecule has 4 rings (SSSR count). The summed E-state index contributed by atoms with van der Waals surface area (Å²) in [6.07, 6.45) is 1.60. The van der Waals surface area contributed by atoms with Gasteiger partial charge in [-0.2, -0.15) is 4.98 Å². The molecule has 1 aliphatic heterocycles. The molecule has 1 aliphatic rings. The van der Waals surface area contributed by atoms with E-state index in [1.807, 2.05) is 30.3 Å². The summed E-state index contributed by atoms with van der Waals surface area (Å²) in [4.78, 5) is 10.8. The summed E-state index contributed by atoms with van der Waals surface area (Å²) >= 11 is 0. The molecular weight excluding hydrogens is 381 g/mol. The maximum Gasteiger partial charge on any atom is 0.224 e. The van der Waals surface area contributed by atoms with Gasteiger partial charge in [-0.25, -0.2) is 18.2 Å². The molecular formula is C21H19F3N4O. The first-order valence-electron chi connectivity index (χ1n) is 9.22. The molecule has 5 nitrogen and oxygen atoms in total. The lowest BCUT2D eigenvalue weighted by molar-refractivity contribution is 0.0937. The molecule has 0 unspecified atom stereocenters. The van der Waals surface area contributed by atoms with Gasteiger partial charge in [-0.15, -0.1) is 0 Å². The summed E-state index contributed by atoms with van der Waals surface area (Å²) in [5.41, 5.74) is 1.11. The Morgan fingerprint density at radius 1 is 1.03 bits per heavy atom. The molecule has 1 saturated heterocycles. The van der Waals surface area contributed by atoms with Gasteiger partial charge in [-0.05, 0) is 17.7 Å². The highest BCUT2D eigenvalue weighted by molar-refractivity contribution is 5.46. The molecule has 0 bridgehead atoms. The number of ether oxygens (including phenoxy) is 1. The molecule has 0 aliphatic carbocycles. The van der Waals surface area contributed by atoms with Gasteiger partial charge in [0.15, 0.2) is 17.5 Å². The highest BCUT2D eigenvalue weighted by Gasteiger charge is 2.26. The fourth-order valence-corrected chi connectivity index (χ4v) is 3.30. The Balaban J connectivity index is 1.53. The summed E-state index contributed by atoms with van der Waals surface area (Å²) in [6.45, 7) is 1.71. The molecule has 0 amide bonds. The van der Waals surface area contributed by atoms with Crippen LogP contribution in [0.25, 0.3) is 0 Å². The maximum atomic E-state index is 13.9. The second-order valence-corrected chi connectivity index (χ2v) is 6.62. The molecule has 1 aromatic heterocycles. The highest BCUT2D eigenvalue weighted by atomic mass is 19.2. The van der Waals surface area contributed by atoms with E-state index >= 15 is 0 Å². The van der Waals surface area contributed by atoms with E-state index in [2.05, 4.69) is 20.2 Å². The van der Waals surface area contributed by atoms with E-state index in [1.165, 1.54) is 6.07 Å². The van der Waals surface area contributed by atoms with Gasteiger partial charge in [0.05, 0.1) is 19.3 Å². The van der Waals surface area contributed by atoms with Crippen molar-refractivity contribution in [1.29, 1.82) is 0 Å². The minimum atomic E-state index is -1.49. The summed E-state index contributed by atoms with van der Waals surface area (Å²) in [5, 5.41) is 2.87. The first kappa shape index (κ1) is 19.2. The van der Waals surface area contributed by atoms with Crippen LogP contribution in [-0.2, 0) is 11.3 Å². The number of hydrogen-bond donors (Lipinski definition) is 1. The number of halogens is 3. The number of rotatable bonds is 5. The van der Waals surface area contributed by atoms with Crippen LogP contribution < -0.4 is 10.2 Å². The van der Waals surface area contributed by atoms with Crippen LogP contribution in [0.3, 0.4) is 0 Å². The molecule has 1 N–H and O–H groups in total. The topological polar surface area (TPSA) is 50.3 Å². The third kappa shape index (κ3) is 4.17. The quantitative estimate of drug-likeness (QED) is 0.654. The number of nitrogens with zero attached hydrogens (tertiary/aromatic N) is 3. The van der Waals surface area contributed by atoms with Gasteiger partial charge in [-0.1, -0.05) is 36.4 Å². The van der Waals surface area contributed by atoms with Gasteiger partial charge in [0.25, 0.3) is 0 Å². The lowest BCUT2D eigenvalue weighted by atomic mass is 10.1. The summed E-state index contributed by atoms with van der Waals surface area (Å²) in [6, 6.07) is 13.9. The summed E-state index contributed by atoms with van der Waals surface area (Å²) in [7, 11) is 0. The van der Waals surface area contributed by atoms with Crippen LogP contribution in [0, 0.1) is 17.5 Å². The first-order valence-corrected chi connectivity index (χ1v) is 9.22. The van der Waals surface area contributed by atoms with Crippen LogP contribution in [0.4, 0.5) is 24.9 Å². The Morgan fingerprint density at radius 3 is 2.69 bits per heavy atom. The van der Waals surface area contributed by atoms with Crippen molar-refractivity contribution in [2.75, 3.05) is 30.0 Å². The van der Waals surface area contributed by atoms with Crippen molar-refractivity contribution in [3.63, 3.8) is 0 Å². The Labute approximate surface area is 166 Å². The fraction of sp³-hybridized carbons (Fsp3) is 0.238. The van der Waals surface area contributed by atoms with Gasteiger partial charge in [0.1, 0.15) is 5.82 Å². The molecule has 2 heterocycles. The van der Waals surface area contributed by atoms with Crippen molar-refractivity contribution in [2.45, 2.75) is 12.6 Å². The molecule has 0 spiro atoms. The van der Waals surface area contributed by atoms with E-state index in [0.717, 1.165) is 11.6 Å². The van der Waals surface area contributed by atoms with Gasteiger partial charge in [0, 0.05) is 24.8 Å². The zero-order chi connectivity index (χ0) is 20.2. The minimum absolute atomic E-state index is 0.00793. The number of benzene rings is 2. The van der Waals surface area contributed by atoms with Gasteiger partial charge < -0.3 is 15.0 Å². The molecule has 8 heteroatoms. The van der Waals surface area contributed by atoms with E-state index in [4.69, 9.17) is 4.74 Å². The Kier molecular flexibility index (Phi) is 5.62. The van der Waals surface area contributed by atoms with Gasteiger partial charge >= 0.3 is 0 Å². The molecule has 3 aromatic rings. The normalized spacial score (nSPS) is 16.7. The Morgan fingerprint density at radius 2 is 1.86 bits per heavy atom. The van der Waals surface area contributed by atoms with Crippen LogP contribution >= 0.6 is 0 Å². The van der Waals surface area contributed by atoms with Crippen LogP contribution in [0.15, 0.2) is 54.7 Å². The number of nitrogens with one attached hydrogen (secondary N) is 1. The Hall–Kier alpha value is -3.13. The standard InChI is InChI=1S/C21H19F3N4O/c22-16-7-6-15(19(23)20(16)24)12-26-21-25-9-8-18(27-21)28-10-11-29-13-17(28)14-4-2-1-3-5-14/h1-9,17H,10-13H2,(H,25,26,27)/t17-/m1/s1. The van der Waals surface area contributed by atoms with Crippen molar-refractivity contribution in [1.82, 2.24) is 9.97 Å². The van der Waals surface area contributed by atoms with E-state index in [9.17, 15) is 13.2 Å². The summed E-state index contributed by atoms with van der Waals surface area (Å²) in [5.74, 6) is -2.96. The average molecular weight is 400 g/mol. The molecule has 1 atom stereocenters. The van der Waals surface area contributed by atoms with Crippen molar-refractivity contribution in [3.05, 3.63) is 83.3 Å². The van der Waals surface area contributed by atoms with Crippen LogP contribution in [0.5, 0.6) is 0 Å². The smallest absolute Gasteiger partial charge is 0.224 e. The molecule has 0 saturated carbocycles. The summed E-state index contributed by atoms with van der Waals surface area (Å²) < 4.78 is 46.0. The molecule has 1 fully saturated rings. The third-order valence-corrected chi connectivity index (χ3v) is 4.80. The van der Waals surface area contributed by atoms with E-state index in [0.29, 0.717) is 25.6 Å². The van der Waals surface area contributed by atoms with Gasteiger partial charge in [0.2, 0.25) is 5.95 Å². The second-order valence-electron chi connectivity index (χ2n) is 6.62. The predicted molar refractivity (Wildman–Crippen MR) is 103 cm³/mol. The van der Waals surface area contributed by atoms with Crippen LogP contribution in [0.2, 0.25) is 0 Å². The number of morpholine rings is 1. The SMILES string of the molecule is Fc1ccc(CNc2nccc(N3CCOC[C@@H]3c3ccccc3)n2)c(F)c1F. The lowest BCUT2D eigenvalue weighted by Gasteiger charge is -2.36. The molecule has 2 aromatic carbocycles. The highest BCUT2D eigenvalue weighted by Crippen LogP contribution is 2.29. The van der Waals surface area contributed by atoms with E-state index in [1.54, 1.807) is 12.3 Å². The minimum Gasteiger partial charge on any atom is -0.377 e. The second kappa shape index (κ2) is 8.48. The van der Waals surface area contributed by atoms with Crippen LogP contribution in [-0.4, -0.2) is 29.7 Å². The predicted octanol–water partition coefficient (Wildman–Crippen LogP) is 4.08. The fourth-order valence-electron chi connectivity index (χ4n) is 3.30. The zero-order valence-electron chi connectivity index (χ0n) is 15.5. The van der Waals surface area contributed by atoms with Crippen molar-refractivity contribution in [2.24, 2.45) is 0 Å². The maximum absolute atomic E-state index is 13.9. The van der Waals surface area contributed by atoms with Crippen molar-refractivity contribution < 1.29 is 17.9 Å². The van der Waals surface area contributed by atoms with Crippen LogP contribution in [0.1, 0.15) is 17.2 Å². The number of aromatic nitrogens is 2. The number of hydrogen-bond acceptors (Lipinski definition) is 5. The first-order chi connectivity index (χ1) is 14.1. The Bertz CT molecular complexity index is 987. The molecule has 150 valence electrons. The van der Waals surface area contributed by atoms with E-state index < -0.39 is 17.5 Å². The zero-order valence-corrected chi connectivity index (χ0v) is 15.5. The molecule has 29 heavy (non-hydrogen) atoms. The third-order valence-electron chi connectivity index (χ3n) is 4.80. The lowest BCUT2D eigenvalue weighted by Crippen LogP contribution is -2.40. The van der Waals surface area contributed by atoms with Gasteiger partial charge in [-0.3, -0.25) is 0 Å². The number of anilines is 2. The monoisotopic (exact) mass is 400 g/mol. The largest absolute Gasteiger partial charge is 0.377 e. The van der Waals surface area contributed by atoms with Crippen molar-refractivity contribution >= 4 is 11.8 Å². The average Bonchev–Trinajstić information content (AvgIpc) is 2.78. The van der Waals surface area contributed by atoms with E-state index in [-0.39, 0.29) is 24.1 Å². The molecule has 0 radical (unpaired) electrons. The van der Waals surface area contributed by atoms with Crippen molar-refractivity contribution in [3.8, 4) is 0 Å².